The molecule has 0 aliphatic heterocycles. The maximum absolute atomic E-state index is 15.0. The van der Waals surface area contributed by atoms with E-state index < -0.39 is 23.3 Å². The van der Waals surface area contributed by atoms with Gasteiger partial charge in [-0.1, -0.05) is 64.5 Å². The number of hydrogen-bond donors (Lipinski definition) is 0. The molecule has 0 amide bonds. The van der Waals surface area contributed by atoms with E-state index in [1.54, 1.807) is 6.07 Å². The Morgan fingerprint density at radius 3 is 2.00 bits per heavy atom. The smallest absolute Gasteiger partial charge is 0.201 e. The highest BCUT2D eigenvalue weighted by molar-refractivity contribution is 5.66. The summed E-state index contributed by atoms with van der Waals surface area (Å²) in [7, 11) is 0. The topological polar surface area (TPSA) is 9.23 Å². The fourth-order valence-corrected chi connectivity index (χ4v) is 4.95. The summed E-state index contributed by atoms with van der Waals surface area (Å²) in [6, 6.07) is 5.42. The number of unbranched alkanes of at least 4 members (excludes halogenated alkanes) is 4. The molecule has 0 N–H and O–H groups in total. The maximum atomic E-state index is 15.0. The average molecular weight is 465 g/mol. The lowest BCUT2D eigenvalue weighted by atomic mass is 9.76. The third kappa shape index (κ3) is 6.30. The molecular formula is C28H36F4O. The number of ether oxygens (including phenoxy) is 1. The molecule has 0 bridgehead atoms. The van der Waals surface area contributed by atoms with Gasteiger partial charge in [0.25, 0.3) is 0 Å². The summed E-state index contributed by atoms with van der Waals surface area (Å²) < 4.78 is 64.1. The Morgan fingerprint density at radius 1 is 0.697 bits per heavy atom. The van der Waals surface area contributed by atoms with Crippen LogP contribution in [-0.2, 0) is 0 Å². The maximum Gasteiger partial charge on any atom is 0.201 e. The Kier molecular flexibility index (Phi) is 9.64. The van der Waals surface area contributed by atoms with Crippen LogP contribution in [-0.4, -0.2) is 6.61 Å². The van der Waals surface area contributed by atoms with Gasteiger partial charge in [0.15, 0.2) is 23.2 Å². The van der Waals surface area contributed by atoms with Crippen molar-refractivity contribution in [3.05, 3.63) is 53.1 Å². The molecule has 0 atom stereocenters. The van der Waals surface area contributed by atoms with Crippen molar-refractivity contribution in [2.24, 2.45) is 5.92 Å². The van der Waals surface area contributed by atoms with Crippen molar-refractivity contribution in [2.45, 2.75) is 90.4 Å². The molecule has 33 heavy (non-hydrogen) atoms. The van der Waals surface area contributed by atoms with Gasteiger partial charge in [-0.3, -0.25) is 0 Å². The molecule has 2 aromatic carbocycles. The van der Waals surface area contributed by atoms with Gasteiger partial charge in [-0.15, -0.1) is 0 Å². The molecule has 5 heteroatoms. The second-order valence-electron chi connectivity index (χ2n) is 9.34. The predicted octanol–water partition coefficient (Wildman–Crippen LogP) is 9.33. The lowest BCUT2D eigenvalue weighted by Crippen LogP contribution is -2.15. The van der Waals surface area contributed by atoms with Gasteiger partial charge in [0.05, 0.1) is 6.61 Å². The Balaban J connectivity index is 1.67. The van der Waals surface area contributed by atoms with Crippen LogP contribution in [0.2, 0.25) is 0 Å². The molecule has 0 unspecified atom stereocenters. The highest BCUT2D eigenvalue weighted by atomic mass is 19.2. The first-order valence-electron chi connectivity index (χ1n) is 12.6. The Morgan fingerprint density at radius 2 is 1.33 bits per heavy atom. The van der Waals surface area contributed by atoms with E-state index >= 15 is 4.39 Å². The van der Waals surface area contributed by atoms with E-state index in [0.29, 0.717) is 17.9 Å². The second kappa shape index (κ2) is 12.4. The normalized spacial score (nSPS) is 18.5. The third-order valence-electron chi connectivity index (χ3n) is 6.91. The Hall–Kier alpha value is -2.04. The van der Waals surface area contributed by atoms with Gasteiger partial charge >= 0.3 is 0 Å². The largest absolute Gasteiger partial charge is 0.490 e. The fourth-order valence-electron chi connectivity index (χ4n) is 4.95. The van der Waals surface area contributed by atoms with E-state index in [0.717, 1.165) is 25.7 Å². The van der Waals surface area contributed by atoms with Crippen LogP contribution in [0.5, 0.6) is 5.75 Å². The van der Waals surface area contributed by atoms with Crippen LogP contribution < -0.4 is 4.74 Å². The zero-order chi connectivity index (χ0) is 23.8. The summed E-state index contributed by atoms with van der Waals surface area (Å²) in [5.74, 6) is -4.06. The quantitative estimate of drug-likeness (QED) is 0.238. The summed E-state index contributed by atoms with van der Waals surface area (Å²) in [5.41, 5.74) is -0.219. The summed E-state index contributed by atoms with van der Waals surface area (Å²) in [5, 5.41) is 0. The van der Waals surface area contributed by atoms with E-state index in [-0.39, 0.29) is 29.4 Å². The summed E-state index contributed by atoms with van der Waals surface area (Å²) in [6.45, 7) is 4.31. The van der Waals surface area contributed by atoms with E-state index in [4.69, 9.17) is 4.74 Å². The monoisotopic (exact) mass is 464 g/mol. The van der Waals surface area contributed by atoms with E-state index in [2.05, 4.69) is 6.92 Å². The van der Waals surface area contributed by atoms with Gasteiger partial charge in [-0.25, -0.2) is 13.2 Å². The average Bonchev–Trinajstić information content (AvgIpc) is 2.82. The first-order valence-corrected chi connectivity index (χ1v) is 12.6. The zero-order valence-corrected chi connectivity index (χ0v) is 19.9. The van der Waals surface area contributed by atoms with Crippen LogP contribution in [0.1, 0.15) is 96.0 Å². The molecule has 1 aliphatic carbocycles. The van der Waals surface area contributed by atoms with Crippen molar-refractivity contribution < 1.29 is 22.3 Å². The highest BCUT2D eigenvalue weighted by Gasteiger charge is 2.27. The van der Waals surface area contributed by atoms with Crippen molar-refractivity contribution in [2.75, 3.05) is 6.61 Å². The van der Waals surface area contributed by atoms with Crippen molar-refractivity contribution in [3.63, 3.8) is 0 Å². The molecule has 1 saturated carbocycles. The first kappa shape index (κ1) is 25.6. The summed E-state index contributed by atoms with van der Waals surface area (Å²) in [6.07, 6.45) is 11.9. The molecule has 1 fully saturated rings. The molecular weight excluding hydrogens is 428 g/mol. The van der Waals surface area contributed by atoms with Crippen molar-refractivity contribution in [3.8, 4) is 16.9 Å². The first-order chi connectivity index (χ1) is 16.0. The number of halogens is 4. The SMILES string of the molecule is CCCCCCCC1CCC(c2ccc(-c3ccc(OCCC)c(F)c3F)c(F)c2F)CC1. The molecule has 0 saturated heterocycles. The molecule has 0 spiro atoms. The second-order valence-corrected chi connectivity index (χ2v) is 9.34. The van der Waals surface area contributed by atoms with Crippen LogP contribution in [0, 0.1) is 29.2 Å². The van der Waals surface area contributed by atoms with Gasteiger partial charge < -0.3 is 4.74 Å². The molecule has 182 valence electrons. The van der Waals surface area contributed by atoms with Gasteiger partial charge in [0.1, 0.15) is 0 Å². The van der Waals surface area contributed by atoms with Gasteiger partial charge in [-0.05, 0) is 61.6 Å². The van der Waals surface area contributed by atoms with Crippen molar-refractivity contribution >= 4 is 0 Å². The molecule has 0 aromatic heterocycles. The standard InChI is InChI=1S/C28H36F4O/c1-3-5-6-7-8-9-19-10-12-20(13-11-19)21-14-15-22(26(30)25(21)29)23-16-17-24(33-18-4-2)28(32)27(23)31/h14-17,19-20H,3-13,18H2,1-2H3. The van der Waals surface area contributed by atoms with Gasteiger partial charge in [-0.2, -0.15) is 4.39 Å². The minimum Gasteiger partial charge on any atom is -0.490 e. The molecule has 1 aliphatic rings. The summed E-state index contributed by atoms with van der Waals surface area (Å²) >= 11 is 0. The van der Waals surface area contributed by atoms with Crippen LogP contribution >= 0.6 is 0 Å². The third-order valence-corrected chi connectivity index (χ3v) is 6.91. The Labute approximate surface area is 195 Å². The highest BCUT2D eigenvalue weighted by Crippen LogP contribution is 2.41. The van der Waals surface area contributed by atoms with Gasteiger partial charge in [0, 0.05) is 11.1 Å². The van der Waals surface area contributed by atoms with Crippen LogP contribution in [0.25, 0.3) is 11.1 Å². The van der Waals surface area contributed by atoms with Gasteiger partial charge in [0.2, 0.25) is 5.82 Å². The number of rotatable bonds is 11. The van der Waals surface area contributed by atoms with Crippen LogP contribution in [0.15, 0.2) is 24.3 Å². The lowest BCUT2D eigenvalue weighted by Gasteiger charge is -2.29. The molecule has 0 radical (unpaired) electrons. The van der Waals surface area contributed by atoms with Crippen LogP contribution in [0.3, 0.4) is 0 Å². The zero-order valence-electron chi connectivity index (χ0n) is 19.9. The van der Waals surface area contributed by atoms with E-state index in [9.17, 15) is 13.2 Å². The molecule has 2 aromatic rings. The van der Waals surface area contributed by atoms with E-state index in [1.807, 2.05) is 6.92 Å². The number of benzene rings is 2. The van der Waals surface area contributed by atoms with Crippen LogP contribution in [0.4, 0.5) is 17.6 Å². The number of hydrogen-bond acceptors (Lipinski definition) is 1. The minimum atomic E-state index is -1.23. The Bertz CT molecular complexity index is 903. The molecule has 3 rings (SSSR count). The van der Waals surface area contributed by atoms with Crippen molar-refractivity contribution in [1.82, 2.24) is 0 Å². The summed E-state index contributed by atoms with van der Waals surface area (Å²) in [4.78, 5) is 0. The van der Waals surface area contributed by atoms with E-state index in [1.165, 1.54) is 56.7 Å². The fraction of sp³-hybridized carbons (Fsp3) is 0.571. The lowest BCUT2D eigenvalue weighted by molar-refractivity contribution is 0.295. The minimum absolute atomic E-state index is 0.0312. The molecule has 0 heterocycles. The predicted molar refractivity (Wildman–Crippen MR) is 126 cm³/mol. The van der Waals surface area contributed by atoms with Crippen molar-refractivity contribution in [1.29, 1.82) is 0 Å². The molecule has 1 nitrogen and oxygen atoms in total.